The molecule has 262 valence electrons. The highest BCUT2D eigenvalue weighted by molar-refractivity contribution is 5.17. The Bertz CT molecular complexity index is 1370. The zero-order valence-electron chi connectivity index (χ0n) is 28.5. The van der Waals surface area contributed by atoms with E-state index in [0.717, 1.165) is 36.8 Å². The monoisotopic (exact) mass is 674 g/mol. The lowest BCUT2D eigenvalue weighted by Gasteiger charge is -2.31. The van der Waals surface area contributed by atoms with Crippen molar-refractivity contribution in [1.29, 1.82) is 0 Å². The largest absolute Gasteiger partial charge is 0.379 e. The normalized spacial score (nSPS) is 18.4. The van der Waals surface area contributed by atoms with Crippen LogP contribution in [0.5, 0.6) is 0 Å². The van der Waals surface area contributed by atoms with E-state index in [-0.39, 0.29) is 38.1 Å². The molecule has 0 aliphatic carbocycles. The SMILES string of the molecule is CC1(C)O[C@H]([C@@H](COCCCc2ccccc2)OCc2ccc(F)cc2)[C@@H]([C@@H](COCCCc2ccccc2)OCc2ccc(F)cc2)O1. The third kappa shape index (κ3) is 12.4. The molecule has 1 aliphatic rings. The van der Waals surface area contributed by atoms with Gasteiger partial charge >= 0.3 is 0 Å². The predicted molar refractivity (Wildman–Crippen MR) is 185 cm³/mol. The van der Waals surface area contributed by atoms with Gasteiger partial charge in [0.2, 0.25) is 0 Å². The van der Waals surface area contributed by atoms with Crippen molar-refractivity contribution in [2.45, 2.75) is 82.9 Å². The Morgan fingerprint density at radius 2 is 0.939 bits per heavy atom. The van der Waals surface area contributed by atoms with Crippen molar-refractivity contribution in [2.24, 2.45) is 0 Å². The Morgan fingerprint density at radius 3 is 1.33 bits per heavy atom. The Hall–Kier alpha value is -3.50. The van der Waals surface area contributed by atoms with E-state index >= 15 is 0 Å². The van der Waals surface area contributed by atoms with Gasteiger partial charge in [0.15, 0.2) is 5.79 Å². The van der Waals surface area contributed by atoms with Crippen LogP contribution in [0.25, 0.3) is 0 Å². The van der Waals surface area contributed by atoms with Crippen molar-refractivity contribution < 1.29 is 37.2 Å². The van der Waals surface area contributed by atoms with Gasteiger partial charge in [-0.15, -0.1) is 0 Å². The first-order chi connectivity index (χ1) is 23.8. The molecule has 4 aromatic rings. The number of hydrogen-bond acceptors (Lipinski definition) is 6. The average molecular weight is 675 g/mol. The summed E-state index contributed by atoms with van der Waals surface area (Å²) in [6, 6.07) is 33.1. The van der Waals surface area contributed by atoms with Gasteiger partial charge in [-0.25, -0.2) is 8.78 Å². The van der Waals surface area contributed by atoms with E-state index in [1.807, 2.05) is 50.2 Å². The highest BCUT2D eigenvalue weighted by Crippen LogP contribution is 2.35. The maximum Gasteiger partial charge on any atom is 0.164 e. The lowest BCUT2D eigenvalue weighted by molar-refractivity contribution is -0.172. The van der Waals surface area contributed by atoms with Gasteiger partial charge < -0.3 is 28.4 Å². The summed E-state index contributed by atoms with van der Waals surface area (Å²) in [5.74, 6) is -1.53. The van der Waals surface area contributed by atoms with Gasteiger partial charge in [-0.1, -0.05) is 84.9 Å². The lowest BCUT2D eigenvalue weighted by Crippen LogP contribution is -2.48. The lowest BCUT2D eigenvalue weighted by atomic mass is 10.0. The second kappa shape index (κ2) is 19.0. The van der Waals surface area contributed by atoms with Crippen molar-refractivity contribution >= 4 is 0 Å². The summed E-state index contributed by atoms with van der Waals surface area (Å²) in [6.07, 6.45) is 1.35. The molecule has 0 bridgehead atoms. The van der Waals surface area contributed by atoms with Gasteiger partial charge in [-0.2, -0.15) is 0 Å². The highest BCUT2D eigenvalue weighted by Gasteiger charge is 2.49. The fourth-order valence-electron chi connectivity index (χ4n) is 5.88. The molecule has 1 aliphatic heterocycles. The average Bonchev–Trinajstić information content (AvgIpc) is 3.44. The molecule has 49 heavy (non-hydrogen) atoms. The van der Waals surface area contributed by atoms with Crippen LogP contribution >= 0.6 is 0 Å². The van der Waals surface area contributed by atoms with Crippen LogP contribution in [0.4, 0.5) is 8.78 Å². The Kier molecular flexibility index (Phi) is 14.3. The molecule has 0 radical (unpaired) electrons. The number of ether oxygens (including phenoxy) is 6. The molecule has 5 rings (SSSR count). The zero-order chi connectivity index (χ0) is 34.3. The fraction of sp³-hybridized carbons (Fsp3) is 0.415. The zero-order valence-corrected chi connectivity index (χ0v) is 28.5. The minimum absolute atomic E-state index is 0.239. The van der Waals surface area contributed by atoms with E-state index in [9.17, 15) is 8.78 Å². The van der Waals surface area contributed by atoms with Crippen molar-refractivity contribution in [3.8, 4) is 0 Å². The number of aryl methyl sites for hydroxylation is 2. The maximum atomic E-state index is 13.6. The third-order valence-corrected chi connectivity index (χ3v) is 8.41. The van der Waals surface area contributed by atoms with Crippen LogP contribution in [0.15, 0.2) is 109 Å². The van der Waals surface area contributed by atoms with Gasteiger partial charge in [0.25, 0.3) is 0 Å². The molecule has 0 unspecified atom stereocenters. The van der Waals surface area contributed by atoms with Crippen molar-refractivity contribution in [1.82, 2.24) is 0 Å². The van der Waals surface area contributed by atoms with Gasteiger partial charge in [-0.05, 0) is 86.1 Å². The minimum atomic E-state index is -0.926. The molecule has 0 spiro atoms. The number of benzene rings is 4. The van der Waals surface area contributed by atoms with Gasteiger partial charge in [-0.3, -0.25) is 0 Å². The van der Waals surface area contributed by atoms with Crippen LogP contribution in [0.1, 0.15) is 48.9 Å². The second-order valence-electron chi connectivity index (χ2n) is 12.8. The van der Waals surface area contributed by atoms with E-state index in [1.165, 1.54) is 35.4 Å². The molecule has 0 N–H and O–H groups in total. The standard InChI is InChI=1S/C41H48F2O6/c1-41(2)48-39(37(46-27-33-17-21-35(42)22-18-33)29-44-25-9-15-31-11-5-3-6-12-31)40(49-41)38(47-28-34-19-23-36(43)24-20-34)30-45-26-10-16-32-13-7-4-8-14-32/h3-8,11-14,17-24,37-40H,9-10,15-16,25-30H2,1-2H3/t37-,38-,39-,40-/m1/s1. The summed E-state index contributed by atoms with van der Waals surface area (Å²) in [5.41, 5.74) is 4.18. The van der Waals surface area contributed by atoms with Gasteiger partial charge in [0.05, 0.1) is 26.4 Å². The molecular formula is C41H48F2O6. The molecule has 0 saturated carbocycles. The Balaban J connectivity index is 1.28. The quantitative estimate of drug-likeness (QED) is 0.0881. The van der Waals surface area contributed by atoms with Crippen molar-refractivity contribution in [3.05, 3.63) is 143 Å². The maximum absolute atomic E-state index is 13.6. The van der Waals surface area contributed by atoms with Crippen molar-refractivity contribution in [2.75, 3.05) is 26.4 Å². The van der Waals surface area contributed by atoms with Crippen LogP contribution in [-0.4, -0.2) is 56.6 Å². The molecular weight excluding hydrogens is 626 g/mol. The van der Waals surface area contributed by atoms with Crippen LogP contribution < -0.4 is 0 Å². The summed E-state index contributed by atoms with van der Waals surface area (Å²) in [6.45, 7) is 5.83. The molecule has 4 aromatic carbocycles. The number of halogens is 2. The molecule has 8 heteroatoms. The molecule has 0 aromatic heterocycles. The summed E-state index contributed by atoms with van der Waals surface area (Å²) in [5, 5.41) is 0. The van der Waals surface area contributed by atoms with E-state index < -0.39 is 30.2 Å². The van der Waals surface area contributed by atoms with E-state index in [4.69, 9.17) is 28.4 Å². The van der Waals surface area contributed by atoms with Crippen LogP contribution in [0.2, 0.25) is 0 Å². The Labute approximate surface area is 289 Å². The second-order valence-corrected chi connectivity index (χ2v) is 12.8. The molecule has 6 nitrogen and oxygen atoms in total. The molecule has 0 amide bonds. The third-order valence-electron chi connectivity index (χ3n) is 8.41. The number of rotatable bonds is 20. The van der Waals surface area contributed by atoms with Crippen LogP contribution in [0, 0.1) is 11.6 Å². The first kappa shape index (κ1) is 36.8. The predicted octanol–water partition coefficient (Wildman–Crippen LogP) is 8.25. The molecule has 4 atom stereocenters. The smallest absolute Gasteiger partial charge is 0.164 e. The molecule has 1 heterocycles. The summed E-state index contributed by atoms with van der Waals surface area (Å²) >= 11 is 0. The van der Waals surface area contributed by atoms with Gasteiger partial charge in [0.1, 0.15) is 36.1 Å². The highest BCUT2D eigenvalue weighted by atomic mass is 19.1. The van der Waals surface area contributed by atoms with Crippen LogP contribution in [0.3, 0.4) is 0 Å². The minimum Gasteiger partial charge on any atom is -0.379 e. The summed E-state index contributed by atoms with van der Waals surface area (Å²) in [4.78, 5) is 0. The van der Waals surface area contributed by atoms with E-state index in [2.05, 4.69) is 24.3 Å². The van der Waals surface area contributed by atoms with E-state index in [1.54, 1.807) is 24.3 Å². The van der Waals surface area contributed by atoms with Crippen LogP contribution in [-0.2, 0) is 54.5 Å². The van der Waals surface area contributed by atoms with Gasteiger partial charge in [0, 0.05) is 13.2 Å². The first-order valence-electron chi connectivity index (χ1n) is 17.2. The van der Waals surface area contributed by atoms with Crippen molar-refractivity contribution in [3.63, 3.8) is 0 Å². The topological polar surface area (TPSA) is 55.4 Å². The first-order valence-corrected chi connectivity index (χ1v) is 17.2. The number of hydrogen-bond donors (Lipinski definition) is 0. The Morgan fingerprint density at radius 1 is 0.551 bits per heavy atom. The molecule has 1 fully saturated rings. The molecule has 1 saturated heterocycles. The van der Waals surface area contributed by atoms with E-state index in [0.29, 0.717) is 13.2 Å². The summed E-state index contributed by atoms with van der Waals surface area (Å²) in [7, 11) is 0. The fourth-order valence-corrected chi connectivity index (χ4v) is 5.88. The summed E-state index contributed by atoms with van der Waals surface area (Å²) < 4.78 is 65.6.